The highest BCUT2D eigenvalue weighted by Gasteiger charge is 2.39. The van der Waals surface area contributed by atoms with Gasteiger partial charge in [-0.15, -0.1) is 0 Å². The predicted molar refractivity (Wildman–Crippen MR) is 106 cm³/mol. The topological polar surface area (TPSA) is 49.9 Å². The van der Waals surface area contributed by atoms with Gasteiger partial charge in [-0.2, -0.15) is 0 Å². The first-order valence-electron chi connectivity index (χ1n) is 10.2. The van der Waals surface area contributed by atoms with E-state index in [2.05, 4.69) is 18.7 Å². The summed E-state index contributed by atoms with van der Waals surface area (Å²) in [6, 6.07) is 7.66. The van der Waals surface area contributed by atoms with Crippen molar-refractivity contribution in [2.45, 2.75) is 52.0 Å². The summed E-state index contributed by atoms with van der Waals surface area (Å²) >= 11 is 0. The second-order valence-corrected chi connectivity index (χ2v) is 8.26. The molecule has 2 amide bonds. The fraction of sp³-hybridized carbons (Fsp3) is 0.636. The van der Waals surface area contributed by atoms with Gasteiger partial charge in [-0.05, 0) is 55.7 Å². The molecule has 0 spiro atoms. The molecular formula is C22H32N2O3. The van der Waals surface area contributed by atoms with Gasteiger partial charge in [0.05, 0.1) is 7.11 Å². The third-order valence-electron chi connectivity index (χ3n) is 5.93. The molecule has 27 heavy (non-hydrogen) atoms. The van der Waals surface area contributed by atoms with Crippen molar-refractivity contribution in [2.24, 2.45) is 11.8 Å². The molecular weight excluding hydrogens is 340 g/mol. The van der Waals surface area contributed by atoms with Crippen LogP contribution >= 0.6 is 0 Å². The lowest BCUT2D eigenvalue weighted by Crippen LogP contribution is -2.56. The zero-order valence-corrected chi connectivity index (χ0v) is 16.8. The zero-order valence-electron chi connectivity index (χ0n) is 16.8. The molecule has 1 aromatic rings. The minimum atomic E-state index is 0.0654. The SMILES string of the molecule is COc1cccc(C(=O)N2CC[C@@H]3[C@H](CCCN3C(=O)CCC(C)C)C2)c1. The fourth-order valence-corrected chi connectivity index (χ4v) is 4.39. The molecule has 0 bridgehead atoms. The smallest absolute Gasteiger partial charge is 0.253 e. The summed E-state index contributed by atoms with van der Waals surface area (Å²) in [5.74, 6) is 2.01. The van der Waals surface area contributed by atoms with E-state index in [0.717, 1.165) is 38.8 Å². The number of carbonyl (C=O) groups excluding carboxylic acids is 2. The average molecular weight is 373 g/mol. The fourth-order valence-electron chi connectivity index (χ4n) is 4.39. The van der Waals surface area contributed by atoms with Crippen molar-refractivity contribution < 1.29 is 14.3 Å². The molecule has 2 aliphatic rings. The number of ether oxygens (including phenoxy) is 1. The number of likely N-dealkylation sites (tertiary alicyclic amines) is 2. The number of methoxy groups -OCH3 is 1. The molecule has 2 aliphatic heterocycles. The summed E-state index contributed by atoms with van der Waals surface area (Å²) in [5, 5.41) is 0. The van der Waals surface area contributed by atoms with Crippen LogP contribution in [0.5, 0.6) is 5.75 Å². The Hall–Kier alpha value is -2.04. The lowest BCUT2D eigenvalue weighted by Gasteiger charge is -2.47. The van der Waals surface area contributed by atoms with Crippen molar-refractivity contribution in [1.29, 1.82) is 0 Å². The van der Waals surface area contributed by atoms with Gasteiger partial charge in [0.25, 0.3) is 5.91 Å². The number of hydrogen-bond donors (Lipinski definition) is 0. The van der Waals surface area contributed by atoms with Crippen molar-refractivity contribution in [3.05, 3.63) is 29.8 Å². The second-order valence-electron chi connectivity index (χ2n) is 8.26. The standard InChI is InChI=1S/C22H32N2O3/c1-16(2)9-10-21(25)24-12-5-7-18-15-23(13-11-20(18)24)22(26)17-6-4-8-19(14-17)27-3/h4,6,8,14,16,18,20H,5,7,9-13,15H2,1-3H3/t18-,20-/m1/s1. The Labute approximate surface area is 162 Å². The van der Waals surface area contributed by atoms with Crippen LogP contribution in [-0.2, 0) is 4.79 Å². The van der Waals surface area contributed by atoms with Crippen molar-refractivity contribution >= 4 is 11.8 Å². The third-order valence-corrected chi connectivity index (χ3v) is 5.93. The van der Waals surface area contributed by atoms with Crippen LogP contribution in [0.1, 0.15) is 56.3 Å². The molecule has 2 atom stereocenters. The van der Waals surface area contributed by atoms with Crippen molar-refractivity contribution in [3.63, 3.8) is 0 Å². The van der Waals surface area contributed by atoms with E-state index in [4.69, 9.17) is 4.74 Å². The molecule has 148 valence electrons. The van der Waals surface area contributed by atoms with E-state index in [-0.39, 0.29) is 5.91 Å². The molecule has 0 radical (unpaired) electrons. The molecule has 0 aliphatic carbocycles. The highest BCUT2D eigenvalue weighted by atomic mass is 16.5. The van der Waals surface area contributed by atoms with Crippen LogP contribution in [0.4, 0.5) is 0 Å². The van der Waals surface area contributed by atoms with Gasteiger partial charge in [0.15, 0.2) is 0 Å². The quantitative estimate of drug-likeness (QED) is 0.794. The molecule has 2 fully saturated rings. The summed E-state index contributed by atoms with van der Waals surface area (Å²) in [7, 11) is 1.61. The normalized spacial score (nSPS) is 22.5. The van der Waals surface area contributed by atoms with Crippen LogP contribution in [0.15, 0.2) is 24.3 Å². The average Bonchev–Trinajstić information content (AvgIpc) is 2.70. The lowest BCUT2D eigenvalue weighted by atomic mass is 9.83. The van der Waals surface area contributed by atoms with Crippen LogP contribution < -0.4 is 4.74 Å². The molecule has 0 unspecified atom stereocenters. The van der Waals surface area contributed by atoms with Crippen LogP contribution in [-0.4, -0.2) is 54.4 Å². The van der Waals surface area contributed by atoms with Crippen LogP contribution in [0.25, 0.3) is 0 Å². The van der Waals surface area contributed by atoms with E-state index < -0.39 is 0 Å². The number of benzene rings is 1. The third kappa shape index (κ3) is 4.63. The first-order valence-corrected chi connectivity index (χ1v) is 10.2. The first-order chi connectivity index (χ1) is 13.0. The molecule has 5 nitrogen and oxygen atoms in total. The number of hydrogen-bond acceptors (Lipinski definition) is 3. The molecule has 5 heteroatoms. The number of amides is 2. The maximum atomic E-state index is 12.9. The number of fused-ring (bicyclic) bond motifs is 1. The highest BCUT2D eigenvalue weighted by Crippen LogP contribution is 2.32. The van der Waals surface area contributed by atoms with E-state index in [9.17, 15) is 9.59 Å². The van der Waals surface area contributed by atoms with Gasteiger partial charge >= 0.3 is 0 Å². The van der Waals surface area contributed by atoms with E-state index in [1.807, 2.05) is 23.1 Å². The number of rotatable bonds is 5. The van der Waals surface area contributed by atoms with Gasteiger partial charge in [-0.1, -0.05) is 19.9 Å². The summed E-state index contributed by atoms with van der Waals surface area (Å²) in [6.45, 7) is 6.66. The second kappa shape index (κ2) is 8.77. The van der Waals surface area contributed by atoms with Gasteiger partial charge in [0.1, 0.15) is 5.75 Å². The van der Waals surface area contributed by atoms with Gasteiger partial charge in [0.2, 0.25) is 5.91 Å². The van der Waals surface area contributed by atoms with E-state index in [1.54, 1.807) is 13.2 Å². The highest BCUT2D eigenvalue weighted by molar-refractivity contribution is 5.94. The summed E-state index contributed by atoms with van der Waals surface area (Å²) in [6.07, 6.45) is 4.62. The Morgan fingerprint density at radius 2 is 2.04 bits per heavy atom. The molecule has 0 N–H and O–H groups in total. The summed E-state index contributed by atoms with van der Waals surface area (Å²) in [5.41, 5.74) is 0.675. The molecule has 2 saturated heterocycles. The molecule has 0 aromatic heterocycles. The van der Waals surface area contributed by atoms with Crippen LogP contribution in [0.3, 0.4) is 0 Å². The zero-order chi connectivity index (χ0) is 19.4. The molecule has 1 aromatic carbocycles. The number of nitrogens with zero attached hydrogens (tertiary/aromatic N) is 2. The maximum absolute atomic E-state index is 12.9. The van der Waals surface area contributed by atoms with Crippen LogP contribution in [0.2, 0.25) is 0 Å². The van der Waals surface area contributed by atoms with E-state index >= 15 is 0 Å². The minimum Gasteiger partial charge on any atom is -0.497 e. The lowest BCUT2D eigenvalue weighted by molar-refractivity contribution is -0.138. The van der Waals surface area contributed by atoms with Crippen molar-refractivity contribution in [1.82, 2.24) is 9.80 Å². The Morgan fingerprint density at radius 3 is 2.78 bits per heavy atom. The maximum Gasteiger partial charge on any atom is 0.253 e. The monoisotopic (exact) mass is 372 g/mol. The Kier molecular flexibility index (Phi) is 6.40. The Bertz CT molecular complexity index is 673. The van der Waals surface area contributed by atoms with Crippen molar-refractivity contribution in [2.75, 3.05) is 26.7 Å². The molecule has 0 saturated carbocycles. The van der Waals surface area contributed by atoms with Crippen molar-refractivity contribution in [3.8, 4) is 5.75 Å². The number of carbonyl (C=O) groups is 2. The van der Waals surface area contributed by atoms with Gasteiger partial charge < -0.3 is 14.5 Å². The Balaban J connectivity index is 1.64. The number of piperidine rings is 2. The molecule has 3 rings (SSSR count). The van der Waals surface area contributed by atoms with Gasteiger partial charge in [-0.25, -0.2) is 0 Å². The summed E-state index contributed by atoms with van der Waals surface area (Å²) in [4.78, 5) is 29.7. The predicted octanol–water partition coefficient (Wildman–Crippen LogP) is 3.58. The minimum absolute atomic E-state index is 0.0654. The molecule has 2 heterocycles. The van der Waals surface area contributed by atoms with Gasteiger partial charge in [0, 0.05) is 37.7 Å². The van der Waals surface area contributed by atoms with E-state index in [1.165, 1.54) is 0 Å². The van der Waals surface area contributed by atoms with E-state index in [0.29, 0.717) is 48.1 Å². The largest absolute Gasteiger partial charge is 0.497 e. The summed E-state index contributed by atoms with van der Waals surface area (Å²) < 4.78 is 5.24. The Morgan fingerprint density at radius 1 is 1.22 bits per heavy atom. The first kappa shape index (κ1) is 19.7. The van der Waals surface area contributed by atoms with Gasteiger partial charge in [-0.3, -0.25) is 9.59 Å². The van der Waals surface area contributed by atoms with Crippen LogP contribution in [0, 0.1) is 11.8 Å².